The molecular weight excluding hydrogens is 296 g/mol. The van der Waals surface area contributed by atoms with E-state index in [0.29, 0.717) is 29.4 Å². The predicted molar refractivity (Wildman–Crippen MR) is 81.3 cm³/mol. The van der Waals surface area contributed by atoms with Crippen LogP contribution in [0.3, 0.4) is 0 Å². The summed E-state index contributed by atoms with van der Waals surface area (Å²) in [4.78, 5) is 19.2. The molecule has 0 bridgehead atoms. The Morgan fingerprint density at radius 3 is 3.09 bits per heavy atom. The molecule has 7 heteroatoms. The van der Waals surface area contributed by atoms with Gasteiger partial charge in [-0.15, -0.1) is 0 Å². The Labute approximate surface area is 133 Å². The van der Waals surface area contributed by atoms with Crippen molar-refractivity contribution in [2.75, 3.05) is 13.3 Å². The zero-order valence-electron chi connectivity index (χ0n) is 12.9. The lowest BCUT2D eigenvalue weighted by molar-refractivity contribution is 0.0729. The van der Waals surface area contributed by atoms with E-state index in [4.69, 9.17) is 9.47 Å². The van der Waals surface area contributed by atoms with Gasteiger partial charge in [0.15, 0.2) is 17.3 Å². The smallest absolute Gasteiger partial charge is 0.254 e. The van der Waals surface area contributed by atoms with Crippen LogP contribution >= 0.6 is 0 Å². The Bertz CT molecular complexity index is 743. The van der Waals surface area contributed by atoms with Crippen LogP contribution in [0.1, 0.15) is 47.8 Å². The first-order valence-corrected chi connectivity index (χ1v) is 7.88. The molecule has 4 rings (SSSR count). The van der Waals surface area contributed by atoms with Crippen LogP contribution < -0.4 is 9.47 Å². The average Bonchev–Trinajstić information content (AvgIpc) is 3.31. The van der Waals surface area contributed by atoms with Gasteiger partial charge in [-0.1, -0.05) is 6.92 Å². The summed E-state index contributed by atoms with van der Waals surface area (Å²) in [5.74, 6) is 2.84. The standard InChI is InChI=1S/C16H18N4O3/c1-2-14-17-15(19-18-14)11-4-3-7-20(11)16(21)10-5-6-12-13(8-10)23-9-22-12/h5-6,8,11H,2-4,7,9H2,1H3,(H,17,18,19)/t11-/m0/s1. The lowest BCUT2D eigenvalue weighted by Crippen LogP contribution is -2.31. The molecule has 7 nitrogen and oxygen atoms in total. The van der Waals surface area contributed by atoms with Gasteiger partial charge in [-0.25, -0.2) is 4.98 Å². The van der Waals surface area contributed by atoms with Crippen molar-refractivity contribution >= 4 is 5.91 Å². The number of likely N-dealkylation sites (tertiary alicyclic amines) is 1. The fourth-order valence-electron chi connectivity index (χ4n) is 3.09. The van der Waals surface area contributed by atoms with Crippen molar-refractivity contribution in [2.45, 2.75) is 32.2 Å². The Morgan fingerprint density at radius 1 is 1.39 bits per heavy atom. The summed E-state index contributed by atoms with van der Waals surface area (Å²) in [6.45, 7) is 2.94. The molecule has 3 heterocycles. The quantitative estimate of drug-likeness (QED) is 0.938. The summed E-state index contributed by atoms with van der Waals surface area (Å²) >= 11 is 0. The maximum absolute atomic E-state index is 12.9. The van der Waals surface area contributed by atoms with Gasteiger partial charge >= 0.3 is 0 Å². The van der Waals surface area contributed by atoms with E-state index in [-0.39, 0.29) is 18.7 Å². The molecule has 1 aromatic carbocycles. The molecule has 2 aliphatic rings. The third-order valence-corrected chi connectivity index (χ3v) is 4.32. The highest BCUT2D eigenvalue weighted by molar-refractivity contribution is 5.95. The van der Waals surface area contributed by atoms with E-state index < -0.39 is 0 Å². The highest BCUT2D eigenvalue weighted by Gasteiger charge is 2.33. The second-order valence-electron chi connectivity index (χ2n) is 5.72. The van der Waals surface area contributed by atoms with Crippen molar-refractivity contribution in [2.24, 2.45) is 0 Å². The van der Waals surface area contributed by atoms with E-state index in [0.717, 1.165) is 25.1 Å². The Kier molecular flexibility index (Phi) is 3.40. The van der Waals surface area contributed by atoms with E-state index in [2.05, 4.69) is 15.2 Å². The lowest BCUT2D eigenvalue weighted by Gasteiger charge is -2.22. The SMILES string of the molecule is CCc1nc([C@@H]2CCCN2C(=O)c2ccc3c(c2)OCO3)n[nH]1. The molecule has 1 fully saturated rings. The number of hydrogen-bond acceptors (Lipinski definition) is 5. The number of aromatic amines is 1. The van der Waals surface area contributed by atoms with Gasteiger partial charge in [-0.3, -0.25) is 9.89 Å². The number of rotatable bonds is 3. The first kappa shape index (κ1) is 14.0. The van der Waals surface area contributed by atoms with Crippen LogP contribution in [0.25, 0.3) is 0 Å². The molecule has 0 saturated carbocycles. The van der Waals surface area contributed by atoms with Crippen molar-refractivity contribution in [3.05, 3.63) is 35.4 Å². The van der Waals surface area contributed by atoms with Gasteiger partial charge in [0.2, 0.25) is 6.79 Å². The third kappa shape index (κ3) is 2.42. The van der Waals surface area contributed by atoms with Crippen LogP contribution in [-0.4, -0.2) is 39.3 Å². The number of benzene rings is 1. The molecule has 120 valence electrons. The largest absolute Gasteiger partial charge is 0.454 e. The predicted octanol–water partition coefficient (Wildman–Crippen LogP) is 2.07. The number of nitrogens with zero attached hydrogens (tertiary/aromatic N) is 3. The first-order valence-electron chi connectivity index (χ1n) is 7.88. The van der Waals surface area contributed by atoms with E-state index in [1.54, 1.807) is 18.2 Å². The van der Waals surface area contributed by atoms with E-state index in [1.165, 1.54) is 0 Å². The fourth-order valence-corrected chi connectivity index (χ4v) is 3.09. The molecule has 0 spiro atoms. The van der Waals surface area contributed by atoms with Gasteiger partial charge in [0.1, 0.15) is 5.82 Å². The normalized spacial score (nSPS) is 19.3. The zero-order valence-corrected chi connectivity index (χ0v) is 12.9. The number of carbonyl (C=O) groups excluding carboxylic acids is 1. The second kappa shape index (κ2) is 5.57. The molecule has 23 heavy (non-hydrogen) atoms. The van der Waals surface area contributed by atoms with Crippen LogP contribution in [0.15, 0.2) is 18.2 Å². The Hall–Kier alpha value is -2.57. The number of H-pyrrole nitrogens is 1. The monoisotopic (exact) mass is 314 g/mol. The number of nitrogens with one attached hydrogen (secondary N) is 1. The van der Waals surface area contributed by atoms with Gasteiger partial charge < -0.3 is 14.4 Å². The van der Waals surface area contributed by atoms with Crippen LogP contribution in [0, 0.1) is 0 Å². The van der Waals surface area contributed by atoms with Gasteiger partial charge in [0.25, 0.3) is 5.91 Å². The van der Waals surface area contributed by atoms with Gasteiger partial charge in [-0.05, 0) is 31.0 Å². The van der Waals surface area contributed by atoms with Crippen molar-refractivity contribution in [3.63, 3.8) is 0 Å². The number of amides is 1. The number of aryl methyl sites for hydroxylation is 1. The number of hydrogen-bond donors (Lipinski definition) is 1. The second-order valence-corrected chi connectivity index (χ2v) is 5.72. The van der Waals surface area contributed by atoms with Crippen molar-refractivity contribution in [3.8, 4) is 11.5 Å². The van der Waals surface area contributed by atoms with Crippen LogP contribution in [0.4, 0.5) is 0 Å². The van der Waals surface area contributed by atoms with Crippen LogP contribution in [0.5, 0.6) is 11.5 Å². The van der Waals surface area contributed by atoms with Gasteiger partial charge in [0.05, 0.1) is 6.04 Å². The number of carbonyl (C=O) groups is 1. The van der Waals surface area contributed by atoms with E-state index in [1.807, 2.05) is 11.8 Å². The highest BCUT2D eigenvalue weighted by Crippen LogP contribution is 2.35. The molecule has 0 aliphatic carbocycles. The Morgan fingerprint density at radius 2 is 2.26 bits per heavy atom. The van der Waals surface area contributed by atoms with Gasteiger partial charge in [0, 0.05) is 18.5 Å². The highest BCUT2D eigenvalue weighted by atomic mass is 16.7. The lowest BCUT2D eigenvalue weighted by atomic mass is 10.1. The summed E-state index contributed by atoms with van der Waals surface area (Å²) in [7, 11) is 0. The third-order valence-electron chi connectivity index (χ3n) is 4.32. The molecule has 1 amide bonds. The molecule has 1 N–H and O–H groups in total. The summed E-state index contributed by atoms with van der Waals surface area (Å²) in [6, 6.07) is 5.24. The summed E-state index contributed by atoms with van der Waals surface area (Å²) in [5, 5.41) is 7.21. The molecule has 1 aromatic heterocycles. The molecule has 1 saturated heterocycles. The van der Waals surface area contributed by atoms with E-state index in [9.17, 15) is 4.79 Å². The molecule has 2 aromatic rings. The zero-order chi connectivity index (χ0) is 15.8. The molecule has 2 aliphatic heterocycles. The maximum atomic E-state index is 12.9. The number of ether oxygens (including phenoxy) is 2. The minimum Gasteiger partial charge on any atom is -0.454 e. The minimum atomic E-state index is -0.0653. The number of fused-ring (bicyclic) bond motifs is 1. The summed E-state index contributed by atoms with van der Waals surface area (Å²) in [5.41, 5.74) is 0.604. The topological polar surface area (TPSA) is 80.3 Å². The van der Waals surface area contributed by atoms with Gasteiger partial charge in [-0.2, -0.15) is 5.10 Å². The van der Waals surface area contributed by atoms with Crippen molar-refractivity contribution in [1.29, 1.82) is 0 Å². The Balaban J connectivity index is 1.59. The molecule has 1 atom stereocenters. The molecule has 0 radical (unpaired) electrons. The average molecular weight is 314 g/mol. The molecular formula is C16H18N4O3. The molecule has 0 unspecified atom stereocenters. The van der Waals surface area contributed by atoms with Crippen molar-refractivity contribution in [1.82, 2.24) is 20.1 Å². The summed E-state index contributed by atoms with van der Waals surface area (Å²) < 4.78 is 10.7. The minimum absolute atomic E-state index is 0.0198. The first-order chi connectivity index (χ1) is 11.3. The van der Waals surface area contributed by atoms with Crippen LogP contribution in [-0.2, 0) is 6.42 Å². The number of aromatic nitrogens is 3. The van der Waals surface area contributed by atoms with Crippen LogP contribution in [0.2, 0.25) is 0 Å². The fraction of sp³-hybridized carbons (Fsp3) is 0.438. The van der Waals surface area contributed by atoms with E-state index >= 15 is 0 Å². The summed E-state index contributed by atoms with van der Waals surface area (Å²) in [6.07, 6.45) is 2.64. The van der Waals surface area contributed by atoms with Crippen molar-refractivity contribution < 1.29 is 14.3 Å². The maximum Gasteiger partial charge on any atom is 0.254 e.